The predicted molar refractivity (Wildman–Crippen MR) is 103 cm³/mol. The topological polar surface area (TPSA) is 63.6 Å². The number of ketones is 1. The van der Waals surface area contributed by atoms with Crippen molar-refractivity contribution in [2.75, 3.05) is 6.61 Å². The maximum atomic E-state index is 12.0. The number of fused-ring (bicyclic) bond motifs is 5. The summed E-state index contributed by atoms with van der Waals surface area (Å²) in [6.45, 7) is 6.18. The van der Waals surface area contributed by atoms with Gasteiger partial charge in [0.2, 0.25) is 0 Å². The van der Waals surface area contributed by atoms with E-state index in [1.807, 2.05) is 6.08 Å². The van der Waals surface area contributed by atoms with Crippen molar-refractivity contribution in [3.63, 3.8) is 0 Å². The average Bonchev–Trinajstić information content (AvgIpc) is 2.98. The molecule has 27 heavy (non-hydrogen) atoms. The van der Waals surface area contributed by atoms with Crippen LogP contribution in [-0.4, -0.2) is 29.6 Å². The number of esters is 1. The summed E-state index contributed by atoms with van der Waals surface area (Å²) >= 11 is 0. The summed E-state index contributed by atoms with van der Waals surface area (Å²) in [6.07, 6.45) is 9.94. The number of carbonyl (C=O) groups excluding carboxylic acids is 2. The van der Waals surface area contributed by atoms with E-state index in [1.54, 1.807) is 0 Å². The first-order chi connectivity index (χ1) is 12.8. The van der Waals surface area contributed by atoms with Gasteiger partial charge in [-0.2, -0.15) is 0 Å². The fourth-order valence-corrected chi connectivity index (χ4v) is 7.81. The van der Waals surface area contributed by atoms with E-state index < -0.39 is 0 Å². The third-order valence-corrected chi connectivity index (χ3v) is 8.96. The molecule has 4 rings (SSSR count). The van der Waals surface area contributed by atoms with E-state index in [1.165, 1.54) is 18.9 Å². The predicted octanol–water partition coefficient (Wildman–Crippen LogP) is 4.06. The van der Waals surface area contributed by atoms with Crippen LogP contribution in [0, 0.1) is 34.5 Å². The minimum Gasteiger partial charge on any atom is -0.463 e. The Morgan fingerprint density at radius 3 is 2.70 bits per heavy atom. The van der Waals surface area contributed by atoms with Crippen molar-refractivity contribution in [3.05, 3.63) is 11.6 Å². The molecule has 4 nitrogen and oxygen atoms in total. The summed E-state index contributed by atoms with van der Waals surface area (Å²) in [5.41, 5.74) is 1.30. The van der Waals surface area contributed by atoms with Gasteiger partial charge in [-0.05, 0) is 81.1 Å². The second-order valence-electron chi connectivity index (χ2n) is 9.91. The molecule has 4 aliphatic carbocycles. The molecule has 4 heteroatoms. The first-order valence-corrected chi connectivity index (χ1v) is 10.8. The number of rotatable bonds is 3. The van der Waals surface area contributed by atoms with Gasteiger partial charge in [0.05, 0.1) is 6.61 Å². The molecule has 7 atom stereocenters. The molecular formula is C23H34O4. The molecule has 0 aromatic rings. The lowest BCUT2D eigenvalue weighted by Gasteiger charge is -2.58. The fourth-order valence-electron chi connectivity index (χ4n) is 7.81. The Morgan fingerprint density at radius 2 is 2.00 bits per heavy atom. The maximum absolute atomic E-state index is 12.0. The smallest absolute Gasteiger partial charge is 0.302 e. The molecule has 4 aliphatic rings. The minimum absolute atomic E-state index is 0.0211. The molecule has 0 amide bonds. The first-order valence-electron chi connectivity index (χ1n) is 10.8. The van der Waals surface area contributed by atoms with Gasteiger partial charge in [-0.3, -0.25) is 9.59 Å². The van der Waals surface area contributed by atoms with Crippen molar-refractivity contribution in [3.8, 4) is 0 Å². The van der Waals surface area contributed by atoms with E-state index in [4.69, 9.17) is 4.74 Å². The summed E-state index contributed by atoms with van der Waals surface area (Å²) in [5, 5.41) is 10.4. The van der Waals surface area contributed by atoms with Crippen molar-refractivity contribution in [1.82, 2.24) is 0 Å². The Bertz CT molecular complexity index is 667. The largest absolute Gasteiger partial charge is 0.463 e. The van der Waals surface area contributed by atoms with E-state index in [-0.39, 0.29) is 35.3 Å². The van der Waals surface area contributed by atoms with Gasteiger partial charge in [-0.25, -0.2) is 0 Å². The minimum atomic E-state index is -0.179. The van der Waals surface area contributed by atoms with Gasteiger partial charge in [0.1, 0.15) is 6.10 Å². The summed E-state index contributed by atoms with van der Waals surface area (Å²) in [6, 6.07) is 0. The number of carbonyl (C=O) groups is 2. The molecule has 0 saturated heterocycles. The molecule has 0 bridgehead atoms. The lowest BCUT2D eigenvalue weighted by atomic mass is 9.46. The molecule has 0 aliphatic heterocycles. The SMILES string of the molecule is CC(=O)O[C@H](C)[C@H]1CCC2C3CCC4=CC(=O)CC[C@]4(CO)C3CC[C@@]21C. The molecule has 0 spiro atoms. The summed E-state index contributed by atoms with van der Waals surface area (Å²) in [5.74, 6) is 2.25. The van der Waals surface area contributed by atoms with Gasteiger partial charge in [0.25, 0.3) is 0 Å². The molecule has 1 N–H and O–H groups in total. The highest BCUT2D eigenvalue weighted by Gasteiger charge is 2.60. The van der Waals surface area contributed by atoms with Crippen LogP contribution < -0.4 is 0 Å². The summed E-state index contributed by atoms with van der Waals surface area (Å²) in [4.78, 5) is 23.5. The lowest BCUT2D eigenvalue weighted by molar-refractivity contribution is -0.153. The molecule has 0 aromatic carbocycles. The molecular weight excluding hydrogens is 340 g/mol. The number of hydrogen-bond donors (Lipinski definition) is 1. The zero-order valence-electron chi connectivity index (χ0n) is 17.0. The molecule has 3 saturated carbocycles. The fraction of sp³-hybridized carbons (Fsp3) is 0.826. The zero-order valence-corrected chi connectivity index (χ0v) is 17.0. The van der Waals surface area contributed by atoms with Gasteiger partial charge in [0.15, 0.2) is 5.78 Å². The van der Waals surface area contributed by atoms with Crippen LogP contribution in [-0.2, 0) is 14.3 Å². The van der Waals surface area contributed by atoms with E-state index in [0.717, 1.165) is 38.5 Å². The highest BCUT2D eigenvalue weighted by molar-refractivity contribution is 5.91. The van der Waals surface area contributed by atoms with Crippen molar-refractivity contribution in [2.24, 2.45) is 34.5 Å². The van der Waals surface area contributed by atoms with E-state index in [2.05, 4.69) is 13.8 Å². The highest BCUT2D eigenvalue weighted by atomic mass is 16.5. The van der Waals surface area contributed by atoms with Crippen molar-refractivity contribution >= 4 is 11.8 Å². The normalized spacial score (nSPS) is 44.6. The molecule has 3 unspecified atom stereocenters. The lowest BCUT2D eigenvalue weighted by Crippen LogP contribution is -2.53. The summed E-state index contributed by atoms with van der Waals surface area (Å²) < 4.78 is 5.60. The van der Waals surface area contributed by atoms with E-state index in [0.29, 0.717) is 30.1 Å². The van der Waals surface area contributed by atoms with Crippen LogP contribution in [0.2, 0.25) is 0 Å². The van der Waals surface area contributed by atoms with Crippen molar-refractivity contribution < 1.29 is 19.4 Å². The van der Waals surface area contributed by atoms with E-state index >= 15 is 0 Å². The first kappa shape index (κ1) is 19.2. The Morgan fingerprint density at radius 1 is 1.22 bits per heavy atom. The zero-order chi connectivity index (χ0) is 19.4. The quantitative estimate of drug-likeness (QED) is 0.757. The van der Waals surface area contributed by atoms with Crippen LogP contribution in [0.4, 0.5) is 0 Å². The average molecular weight is 375 g/mol. The molecule has 0 radical (unpaired) electrons. The van der Waals surface area contributed by atoms with Gasteiger partial charge in [-0.1, -0.05) is 12.5 Å². The third kappa shape index (κ3) is 2.82. The van der Waals surface area contributed by atoms with Crippen molar-refractivity contribution in [1.29, 1.82) is 0 Å². The Labute approximate surface area is 162 Å². The monoisotopic (exact) mass is 374 g/mol. The Hall–Kier alpha value is -1.16. The second kappa shape index (κ2) is 6.72. The number of ether oxygens (including phenoxy) is 1. The second-order valence-corrected chi connectivity index (χ2v) is 9.91. The summed E-state index contributed by atoms with van der Waals surface area (Å²) in [7, 11) is 0. The number of hydrogen-bond acceptors (Lipinski definition) is 4. The van der Waals surface area contributed by atoms with E-state index in [9.17, 15) is 14.7 Å². The Kier molecular flexibility index (Phi) is 4.77. The van der Waals surface area contributed by atoms with Crippen LogP contribution >= 0.6 is 0 Å². The standard InChI is InChI=1S/C23H34O4/c1-14(27-15(2)25)19-6-7-20-18-5-4-16-12-17(26)8-11-23(16,13-24)21(18)9-10-22(19,20)3/h12,14,18-21,24H,4-11,13H2,1-3H3/t14-,18?,19-,20?,21?,22-,23-/m1/s1. The van der Waals surface area contributed by atoms with Crippen LogP contribution in [0.15, 0.2) is 11.6 Å². The number of aliphatic hydroxyl groups is 1. The Balaban J connectivity index is 1.62. The highest BCUT2D eigenvalue weighted by Crippen LogP contribution is 2.67. The molecule has 0 heterocycles. The van der Waals surface area contributed by atoms with Crippen molar-refractivity contribution in [2.45, 2.75) is 78.2 Å². The van der Waals surface area contributed by atoms with Gasteiger partial charge in [0, 0.05) is 24.7 Å². The molecule has 150 valence electrons. The molecule has 0 aromatic heterocycles. The van der Waals surface area contributed by atoms with Gasteiger partial charge < -0.3 is 9.84 Å². The van der Waals surface area contributed by atoms with Crippen LogP contribution in [0.25, 0.3) is 0 Å². The van der Waals surface area contributed by atoms with Gasteiger partial charge >= 0.3 is 5.97 Å². The van der Waals surface area contributed by atoms with Gasteiger partial charge in [-0.15, -0.1) is 0 Å². The van der Waals surface area contributed by atoms with Crippen LogP contribution in [0.5, 0.6) is 0 Å². The molecule has 3 fully saturated rings. The van der Waals surface area contributed by atoms with Crippen LogP contribution in [0.3, 0.4) is 0 Å². The number of aliphatic hydroxyl groups excluding tert-OH is 1. The van der Waals surface area contributed by atoms with Crippen LogP contribution in [0.1, 0.15) is 72.1 Å². The third-order valence-electron chi connectivity index (χ3n) is 8.96. The maximum Gasteiger partial charge on any atom is 0.302 e.